The van der Waals surface area contributed by atoms with Crippen molar-refractivity contribution in [1.29, 1.82) is 0 Å². The molecule has 1 N–H and O–H groups in total. The molecular weight excluding hydrogens is 226 g/mol. The van der Waals surface area contributed by atoms with Gasteiger partial charge in [-0.2, -0.15) is 8.42 Å². The number of rotatable bonds is 2. The first-order valence-electron chi connectivity index (χ1n) is 3.86. The van der Waals surface area contributed by atoms with Crippen LogP contribution in [0, 0.1) is 11.6 Å². The molecule has 82 valence electrons. The second kappa shape index (κ2) is 3.71. The Bertz CT molecular complexity index is 520. The molecule has 0 spiro atoms. The van der Waals surface area contributed by atoms with E-state index in [1.165, 1.54) is 6.92 Å². The maximum Gasteiger partial charge on any atom is 0.297 e. The monoisotopic (exact) mass is 234 g/mol. The van der Waals surface area contributed by atoms with Gasteiger partial charge in [-0.3, -0.25) is 4.55 Å². The Kier molecular flexibility index (Phi) is 2.92. The fourth-order valence-electron chi connectivity index (χ4n) is 1.06. The van der Waals surface area contributed by atoms with E-state index in [1.807, 2.05) is 0 Å². The van der Waals surface area contributed by atoms with Crippen molar-refractivity contribution in [2.24, 2.45) is 0 Å². The predicted molar refractivity (Wildman–Crippen MR) is 50.9 cm³/mol. The van der Waals surface area contributed by atoms with E-state index in [0.717, 1.165) is 12.1 Å². The SMILES string of the molecule is C=C(C)c1ccc(S(=O)(=O)O)c(F)c1F. The lowest BCUT2D eigenvalue weighted by molar-refractivity contribution is 0.453. The first kappa shape index (κ1) is 11.8. The lowest BCUT2D eigenvalue weighted by Crippen LogP contribution is -2.05. The summed E-state index contributed by atoms with van der Waals surface area (Å²) >= 11 is 0. The van der Waals surface area contributed by atoms with E-state index in [4.69, 9.17) is 4.55 Å². The largest absolute Gasteiger partial charge is 0.297 e. The first-order chi connectivity index (χ1) is 6.75. The van der Waals surface area contributed by atoms with Crippen molar-refractivity contribution in [3.63, 3.8) is 0 Å². The van der Waals surface area contributed by atoms with Gasteiger partial charge in [0.1, 0.15) is 4.90 Å². The summed E-state index contributed by atoms with van der Waals surface area (Å²) in [4.78, 5) is -1.08. The third-order valence-electron chi connectivity index (χ3n) is 1.78. The first-order valence-corrected chi connectivity index (χ1v) is 5.30. The topological polar surface area (TPSA) is 54.4 Å². The van der Waals surface area contributed by atoms with Gasteiger partial charge in [-0.1, -0.05) is 12.6 Å². The lowest BCUT2D eigenvalue weighted by Gasteiger charge is -2.05. The molecule has 1 aromatic carbocycles. The Morgan fingerprint density at radius 1 is 1.33 bits per heavy atom. The molecule has 0 fully saturated rings. The van der Waals surface area contributed by atoms with E-state index < -0.39 is 26.6 Å². The molecule has 0 atom stereocenters. The van der Waals surface area contributed by atoms with Gasteiger partial charge in [0, 0.05) is 5.56 Å². The van der Waals surface area contributed by atoms with Crippen molar-refractivity contribution >= 4 is 15.7 Å². The third-order valence-corrected chi connectivity index (χ3v) is 2.66. The van der Waals surface area contributed by atoms with Gasteiger partial charge in [0.15, 0.2) is 11.6 Å². The number of benzene rings is 1. The molecule has 0 heterocycles. The Morgan fingerprint density at radius 2 is 1.87 bits per heavy atom. The van der Waals surface area contributed by atoms with Gasteiger partial charge in [-0.05, 0) is 18.6 Å². The van der Waals surface area contributed by atoms with Crippen molar-refractivity contribution in [3.05, 3.63) is 35.9 Å². The van der Waals surface area contributed by atoms with Gasteiger partial charge in [-0.15, -0.1) is 0 Å². The quantitative estimate of drug-likeness (QED) is 0.798. The highest BCUT2D eigenvalue weighted by Crippen LogP contribution is 2.23. The van der Waals surface area contributed by atoms with Crippen molar-refractivity contribution < 1.29 is 21.8 Å². The van der Waals surface area contributed by atoms with Gasteiger partial charge in [0.25, 0.3) is 10.1 Å². The second-order valence-electron chi connectivity index (χ2n) is 2.99. The van der Waals surface area contributed by atoms with E-state index in [9.17, 15) is 17.2 Å². The summed E-state index contributed by atoms with van der Waals surface area (Å²) in [6, 6.07) is 1.83. The molecule has 1 rings (SSSR count). The average Bonchev–Trinajstić information content (AvgIpc) is 2.06. The molecule has 15 heavy (non-hydrogen) atoms. The minimum atomic E-state index is -4.74. The Labute approximate surface area is 85.8 Å². The van der Waals surface area contributed by atoms with Gasteiger partial charge in [0.2, 0.25) is 0 Å². The van der Waals surface area contributed by atoms with Gasteiger partial charge >= 0.3 is 0 Å². The lowest BCUT2D eigenvalue weighted by atomic mass is 10.1. The number of hydrogen-bond donors (Lipinski definition) is 1. The summed E-state index contributed by atoms with van der Waals surface area (Å²) in [7, 11) is -4.74. The Balaban J connectivity index is 3.55. The van der Waals surface area contributed by atoms with E-state index in [2.05, 4.69) is 6.58 Å². The molecule has 0 saturated carbocycles. The average molecular weight is 234 g/mol. The molecule has 0 aliphatic rings. The van der Waals surface area contributed by atoms with Crippen LogP contribution in [-0.2, 0) is 10.1 Å². The highest BCUT2D eigenvalue weighted by atomic mass is 32.2. The van der Waals surface area contributed by atoms with Crippen molar-refractivity contribution in [3.8, 4) is 0 Å². The maximum absolute atomic E-state index is 13.2. The Morgan fingerprint density at radius 3 is 2.27 bits per heavy atom. The highest BCUT2D eigenvalue weighted by molar-refractivity contribution is 7.85. The molecule has 0 aliphatic heterocycles. The summed E-state index contributed by atoms with van der Waals surface area (Å²) in [6.45, 7) is 4.85. The number of halogens is 2. The van der Waals surface area contributed by atoms with Crippen molar-refractivity contribution in [2.45, 2.75) is 11.8 Å². The van der Waals surface area contributed by atoms with Crippen LogP contribution in [0.5, 0.6) is 0 Å². The van der Waals surface area contributed by atoms with Gasteiger partial charge in [0.05, 0.1) is 0 Å². The van der Waals surface area contributed by atoms with Crippen LogP contribution in [0.2, 0.25) is 0 Å². The molecule has 0 radical (unpaired) electrons. The smallest absolute Gasteiger partial charge is 0.282 e. The van der Waals surface area contributed by atoms with E-state index in [0.29, 0.717) is 0 Å². The molecule has 0 amide bonds. The van der Waals surface area contributed by atoms with Crippen LogP contribution in [0.3, 0.4) is 0 Å². The van der Waals surface area contributed by atoms with Crippen LogP contribution in [0.1, 0.15) is 12.5 Å². The van der Waals surface area contributed by atoms with Crippen LogP contribution in [-0.4, -0.2) is 13.0 Å². The third kappa shape index (κ3) is 2.21. The van der Waals surface area contributed by atoms with Crippen molar-refractivity contribution in [1.82, 2.24) is 0 Å². The minimum Gasteiger partial charge on any atom is -0.282 e. The van der Waals surface area contributed by atoms with Crippen molar-refractivity contribution in [2.75, 3.05) is 0 Å². The zero-order chi connectivity index (χ0) is 11.8. The van der Waals surface area contributed by atoms with Crippen LogP contribution in [0.4, 0.5) is 8.78 Å². The predicted octanol–water partition coefficient (Wildman–Crippen LogP) is 2.24. The molecule has 0 unspecified atom stereocenters. The van der Waals surface area contributed by atoms with Crippen LogP contribution < -0.4 is 0 Å². The summed E-state index contributed by atoms with van der Waals surface area (Å²) in [5.41, 5.74) is 0.133. The standard InChI is InChI=1S/C9H8F2O3S/c1-5(2)6-3-4-7(15(12,13)14)9(11)8(6)10/h3-4H,1H2,2H3,(H,12,13,14). The second-order valence-corrected chi connectivity index (χ2v) is 4.38. The zero-order valence-electron chi connectivity index (χ0n) is 7.79. The number of allylic oxidation sites excluding steroid dienone is 1. The fraction of sp³-hybridized carbons (Fsp3) is 0.111. The minimum absolute atomic E-state index is 0.125. The highest BCUT2D eigenvalue weighted by Gasteiger charge is 2.21. The molecule has 1 aromatic rings. The van der Waals surface area contributed by atoms with Crippen LogP contribution >= 0.6 is 0 Å². The summed E-state index contributed by atoms with van der Waals surface area (Å²) in [5.74, 6) is -2.93. The zero-order valence-corrected chi connectivity index (χ0v) is 8.61. The maximum atomic E-state index is 13.2. The number of hydrogen-bond acceptors (Lipinski definition) is 2. The van der Waals surface area contributed by atoms with E-state index in [-0.39, 0.29) is 11.1 Å². The molecule has 0 bridgehead atoms. The van der Waals surface area contributed by atoms with Crippen LogP contribution in [0.25, 0.3) is 5.57 Å². The molecule has 3 nitrogen and oxygen atoms in total. The summed E-state index contributed by atoms with van der Waals surface area (Å²) in [6.07, 6.45) is 0. The Hall–Kier alpha value is -1.27. The fourth-order valence-corrected chi connectivity index (χ4v) is 1.62. The van der Waals surface area contributed by atoms with Gasteiger partial charge in [-0.25, -0.2) is 8.78 Å². The summed E-state index contributed by atoms with van der Waals surface area (Å²) in [5, 5.41) is 0. The van der Waals surface area contributed by atoms with Crippen LogP contribution in [0.15, 0.2) is 23.6 Å². The molecular formula is C9H8F2O3S. The molecule has 0 saturated heterocycles. The van der Waals surface area contributed by atoms with Gasteiger partial charge < -0.3 is 0 Å². The normalized spacial score (nSPS) is 11.5. The molecule has 6 heteroatoms. The van der Waals surface area contributed by atoms with E-state index >= 15 is 0 Å². The van der Waals surface area contributed by atoms with E-state index in [1.54, 1.807) is 0 Å². The summed E-state index contributed by atoms with van der Waals surface area (Å²) < 4.78 is 56.2. The molecule has 0 aromatic heterocycles. The molecule has 0 aliphatic carbocycles.